The van der Waals surface area contributed by atoms with Gasteiger partial charge in [-0.2, -0.15) is 0 Å². The third-order valence-electron chi connectivity index (χ3n) is 3.71. The van der Waals surface area contributed by atoms with Gasteiger partial charge in [0.25, 0.3) is 5.91 Å². The average molecular weight is 306 g/mol. The van der Waals surface area contributed by atoms with E-state index in [1.165, 1.54) is 4.88 Å². The van der Waals surface area contributed by atoms with Crippen molar-refractivity contribution >= 4 is 28.8 Å². The van der Waals surface area contributed by atoms with Gasteiger partial charge in [0.15, 0.2) is 0 Å². The van der Waals surface area contributed by atoms with E-state index in [1.54, 1.807) is 11.3 Å². The lowest BCUT2D eigenvalue weighted by Gasteiger charge is -2.24. The van der Waals surface area contributed by atoms with Crippen molar-refractivity contribution in [3.05, 3.63) is 57.8 Å². The summed E-state index contributed by atoms with van der Waals surface area (Å²) in [5.74, 6) is 0.558. The van der Waals surface area contributed by atoms with Gasteiger partial charge in [0.2, 0.25) is 0 Å². The number of nitrogens with zero attached hydrogens (tertiary/aromatic N) is 1. The molecule has 0 saturated carbocycles. The zero-order valence-electron chi connectivity index (χ0n) is 11.1. The predicted octanol–water partition coefficient (Wildman–Crippen LogP) is 4.46. The molecule has 1 aromatic carbocycles. The van der Waals surface area contributed by atoms with E-state index in [4.69, 9.17) is 11.6 Å². The molecule has 3 rings (SSSR count). The van der Waals surface area contributed by atoms with Gasteiger partial charge in [0, 0.05) is 22.9 Å². The first-order valence-electron chi connectivity index (χ1n) is 6.79. The SMILES string of the molecule is O=C(c1cccc(CCl)c1)N1CCCC1c1cccs1. The Morgan fingerprint density at radius 2 is 2.25 bits per heavy atom. The molecule has 104 valence electrons. The van der Waals surface area contributed by atoms with Crippen LogP contribution in [0.25, 0.3) is 0 Å². The number of thiophene rings is 1. The number of hydrogen-bond donors (Lipinski definition) is 0. The van der Waals surface area contributed by atoms with Crippen LogP contribution in [0.2, 0.25) is 0 Å². The largest absolute Gasteiger partial charge is 0.331 e. The van der Waals surface area contributed by atoms with Crippen LogP contribution in [0.4, 0.5) is 0 Å². The minimum atomic E-state index is 0.118. The zero-order valence-corrected chi connectivity index (χ0v) is 12.7. The number of halogens is 1. The van der Waals surface area contributed by atoms with Crippen LogP contribution in [-0.4, -0.2) is 17.4 Å². The molecule has 2 heterocycles. The van der Waals surface area contributed by atoms with Gasteiger partial charge in [-0.15, -0.1) is 22.9 Å². The van der Waals surface area contributed by atoms with E-state index in [2.05, 4.69) is 17.5 Å². The first kappa shape index (κ1) is 13.7. The summed E-state index contributed by atoms with van der Waals surface area (Å²) in [7, 11) is 0. The van der Waals surface area contributed by atoms with Crippen molar-refractivity contribution in [2.75, 3.05) is 6.54 Å². The first-order valence-corrected chi connectivity index (χ1v) is 8.20. The van der Waals surface area contributed by atoms with Gasteiger partial charge in [-0.25, -0.2) is 0 Å². The highest BCUT2D eigenvalue weighted by atomic mass is 35.5. The summed E-state index contributed by atoms with van der Waals surface area (Å²) >= 11 is 7.58. The van der Waals surface area contributed by atoms with Crippen LogP contribution in [0.3, 0.4) is 0 Å². The molecule has 1 amide bonds. The maximum absolute atomic E-state index is 12.7. The Morgan fingerprint density at radius 3 is 3.00 bits per heavy atom. The van der Waals surface area contributed by atoms with Gasteiger partial charge in [-0.1, -0.05) is 18.2 Å². The fourth-order valence-electron chi connectivity index (χ4n) is 2.74. The van der Waals surface area contributed by atoms with Crippen molar-refractivity contribution in [3.8, 4) is 0 Å². The molecular formula is C16H16ClNOS. The predicted molar refractivity (Wildman–Crippen MR) is 83.3 cm³/mol. The van der Waals surface area contributed by atoms with E-state index in [0.29, 0.717) is 5.88 Å². The highest BCUT2D eigenvalue weighted by molar-refractivity contribution is 7.10. The fourth-order valence-corrected chi connectivity index (χ4v) is 3.78. The molecule has 1 unspecified atom stereocenters. The van der Waals surface area contributed by atoms with E-state index >= 15 is 0 Å². The Labute approximate surface area is 128 Å². The Kier molecular flexibility index (Phi) is 4.08. The molecule has 1 atom stereocenters. The molecule has 0 bridgehead atoms. The number of likely N-dealkylation sites (tertiary alicyclic amines) is 1. The Balaban J connectivity index is 1.85. The van der Waals surface area contributed by atoms with E-state index in [0.717, 1.165) is 30.5 Å². The van der Waals surface area contributed by atoms with Gasteiger partial charge in [-0.05, 0) is 42.0 Å². The second-order valence-electron chi connectivity index (χ2n) is 5.01. The molecule has 1 fully saturated rings. The van der Waals surface area contributed by atoms with Crippen LogP contribution < -0.4 is 0 Å². The number of alkyl halides is 1. The molecule has 0 N–H and O–H groups in total. The molecule has 2 nitrogen and oxygen atoms in total. The topological polar surface area (TPSA) is 20.3 Å². The quantitative estimate of drug-likeness (QED) is 0.766. The summed E-state index contributed by atoms with van der Waals surface area (Å²) in [4.78, 5) is 16.0. The number of amides is 1. The fraction of sp³-hybridized carbons (Fsp3) is 0.312. The van der Waals surface area contributed by atoms with Gasteiger partial charge in [-0.3, -0.25) is 4.79 Å². The normalized spacial score (nSPS) is 18.4. The first-order chi connectivity index (χ1) is 9.79. The van der Waals surface area contributed by atoms with Gasteiger partial charge in [0.05, 0.1) is 6.04 Å². The molecule has 1 aromatic heterocycles. The highest BCUT2D eigenvalue weighted by Gasteiger charge is 2.31. The molecule has 1 aliphatic rings. The smallest absolute Gasteiger partial charge is 0.254 e. The molecule has 0 aliphatic carbocycles. The van der Waals surface area contributed by atoms with Crippen LogP contribution in [0.15, 0.2) is 41.8 Å². The molecule has 2 aromatic rings. The lowest BCUT2D eigenvalue weighted by atomic mass is 10.1. The lowest BCUT2D eigenvalue weighted by Crippen LogP contribution is -2.30. The number of carbonyl (C=O) groups excluding carboxylic acids is 1. The number of rotatable bonds is 3. The Hall–Kier alpha value is -1.32. The van der Waals surface area contributed by atoms with E-state index in [-0.39, 0.29) is 11.9 Å². The Morgan fingerprint density at radius 1 is 1.35 bits per heavy atom. The van der Waals surface area contributed by atoms with Crippen LogP contribution >= 0.6 is 22.9 Å². The standard InChI is InChI=1S/C16H16ClNOS/c17-11-12-4-1-5-13(10-12)16(19)18-8-2-6-14(18)15-7-3-9-20-15/h1,3-5,7,9-10,14H,2,6,8,11H2. The Bertz CT molecular complexity index is 596. The van der Waals surface area contributed by atoms with Crippen molar-refractivity contribution in [1.82, 2.24) is 4.90 Å². The zero-order chi connectivity index (χ0) is 13.9. The minimum Gasteiger partial charge on any atom is -0.331 e. The van der Waals surface area contributed by atoms with Gasteiger partial charge >= 0.3 is 0 Å². The summed E-state index contributed by atoms with van der Waals surface area (Å²) < 4.78 is 0. The van der Waals surface area contributed by atoms with Crippen molar-refractivity contribution in [2.24, 2.45) is 0 Å². The van der Waals surface area contributed by atoms with Crippen LogP contribution in [0.5, 0.6) is 0 Å². The number of hydrogen-bond acceptors (Lipinski definition) is 2. The second kappa shape index (κ2) is 5.98. The molecule has 0 spiro atoms. The van der Waals surface area contributed by atoms with Gasteiger partial charge < -0.3 is 4.90 Å². The maximum atomic E-state index is 12.7. The van der Waals surface area contributed by atoms with Crippen LogP contribution in [0, 0.1) is 0 Å². The van der Waals surface area contributed by atoms with Gasteiger partial charge in [0.1, 0.15) is 0 Å². The monoisotopic (exact) mass is 305 g/mol. The van der Waals surface area contributed by atoms with Crippen LogP contribution in [-0.2, 0) is 5.88 Å². The van der Waals surface area contributed by atoms with E-state index in [1.807, 2.05) is 29.2 Å². The minimum absolute atomic E-state index is 0.118. The average Bonchev–Trinajstić information content (AvgIpc) is 3.16. The van der Waals surface area contributed by atoms with Crippen molar-refractivity contribution in [2.45, 2.75) is 24.8 Å². The van der Waals surface area contributed by atoms with Crippen molar-refractivity contribution in [1.29, 1.82) is 0 Å². The van der Waals surface area contributed by atoms with Crippen LogP contribution in [0.1, 0.15) is 39.7 Å². The molecule has 4 heteroatoms. The van der Waals surface area contributed by atoms with E-state index in [9.17, 15) is 4.79 Å². The summed E-state index contributed by atoms with van der Waals surface area (Å²) in [6.07, 6.45) is 2.13. The number of carbonyl (C=O) groups is 1. The van der Waals surface area contributed by atoms with Crippen molar-refractivity contribution < 1.29 is 4.79 Å². The summed E-state index contributed by atoms with van der Waals surface area (Å²) in [5, 5.41) is 2.07. The number of benzene rings is 1. The van der Waals surface area contributed by atoms with E-state index < -0.39 is 0 Å². The second-order valence-corrected chi connectivity index (χ2v) is 6.25. The molecule has 20 heavy (non-hydrogen) atoms. The molecule has 0 radical (unpaired) electrons. The maximum Gasteiger partial charge on any atom is 0.254 e. The molecular weight excluding hydrogens is 290 g/mol. The lowest BCUT2D eigenvalue weighted by molar-refractivity contribution is 0.0738. The highest BCUT2D eigenvalue weighted by Crippen LogP contribution is 2.35. The third kappa shape index (κ3) is 2.60. The molecule has 1 saturated heterocycles. The summed E-state index contributed by atoms with van der Waals surface area (Å²) in [6, 6.07) is 12.0. The van der Waals surface area contributed by atoms with Crippen molar-refractivity contribution in [3.63, 3.8) is 0 Å². The summed E-state index contributed by atoms with van der Waals surface area (Å²) in [5.41, 5.74) is 1.73. The molecule has 1 aliphatic heterocycles. The summed E-state index contributed by atoms with van der Waals surface area (Å²) in [6.45, 7) is 0.840. The third-order valence-corrected chi connectivity index (χ3v) is 5.00.